The molecular formula is C20H32N2O2. The summed E-state index contributed by atoms with van der Waals surface area (Å²) >= 11 is 0. The Morgan fingerprint density at radius 1 is 1.04 bits per heavy atom. The summed E-state index contributed by atoms with van der Waals surface area (Å²) in [5.41, 5.74) is 2.11. The molecule has 0 aliphatic heterocycles. The van der Waals surface area contributed by atoms with Gasteiger partial charge in [0, 0.05) is 17.8 Å². The lowest BCUT2D eigenvalue weighted by Crippen LogP contribution is -2.42. The van der Waals surface area contributed by atoms with Crippen LogP contribution in [0.1, 0.15) is 71.8 Å². The number of ether oxygens (including phenoxy) is 1. The first kappa shape index (κ1) is 18.6. The fourth-order valence-electron chi connectivity index (χ4n) is 3.06. The fourth-order valence-corrected chi connectivity index (χ4v) is 3.06. The Kier molecular flexibility index (Phi) is 6.14. The Hall–Kier alpha value is -1.71. The van der Waals surface area contributed by atoms with E-state index in [-0.39, 0.29) is 12.1 Å². The summed E-state index contributed by atoms with van der Waals surface area (Å²) in [7, 11) is 0. The maximum atomic E-state index is 11.8. The van der Waals surface area contributed by atoms with Gasteiger partial charge in [0.05, 0.1) is 0 Å². The van der Waals surface area contributed by atoms with Gasteiger partial charge in [0.15, 0.2) is 0 Å². The zero-order chi connectivity index (χ0) is 17.7. The van der Waals surface area contributed by atoms with Gasteiger partial charge in [-0.3, -0.25) is 0 Å². The summed E-state index contributed by atoms with van der Waals surface area (Å²) in [6.07, 6.45) is 3.80. The first-order valence-electron chi connectivity index (χ1n) is 9.09. The van der Waals surface area contributed by atoms with Crippen molar-refractivity contribution in [2.24, 2.45) is 0 Å². The van der Waals surface area contributed by atoms with Crippen LogP contribution in [0.4, 0.5) is 10.5 Å². The predicted molar refractivity (Wildman–Crippen MR) is 99.6 cm³/mol. The van der Waals surface area contributed by atoms with Crippen molar-refractivity contribution in [3.8, 4) is 0 Å². The van der Waals surface area contributed by atoms with Crippen molar-refractivity contribution in [2.45, 2.75) is 83.9 Å². The van der Waals surface area contributed by atoms with Gasteiger partial charge in [-0.2, -0.15) is 0 Å². The molecule has 0 spiro atoms. The molecule has 4 heteroatoms. The Morgan fingerprint density at radius 2 is 1.58 bits per heavy atom. The Balaban J connectivity index is 1.75. The molecule has 0 radical (unpaired) electrons. The largest absolute Gasteiger partial charge is 0.444 e. The van der Waals surface area contributed by atoms with E-state index in [1.807, 2.05) is 20.8 Å². The molecule has 1 aromatic rings. The van der Waals surface area contributed by atoms with E-state index in [0.29, 0.717) is 12.0 Å². The summed E-state index contributed by atoms with van der Waals surface area (Å²) < 4.78 is 5.33. The number of alkyl carbamates (subject to hydrolysis) is 1. The molecule has 134 valence electrons. The number of hydrogen-bond acceptors (Lipinski definition) is 3. The summed E-state index contributed by atoms with van der Waals surface area (Å²) in [6.45, 7) is 10.1. The minimum Gasteiger partial charge on any atom is -0.444 e. The lowest BCUT2D eigenvalue weighted by atomic mass is 9.91. The summed E-state index contributed by atoms with van der Waals surface area (Å²) in [4.78, 5) is 11.8. The molecule has 1 fully saturated rings. The fraction of sp³-hybridized carbons (Fsp3) is 0.650. The monoisotopic (exact) mass is 332 g/mol. The van der Waals surface area contributed by atoms with Gasteiger partial charge in [-0.1, -0.05) is 26.0 Å². The van der Waals surface area contributed by atoms with Crippen LogP contribution >= 0.6 is 0 Å². The second-order valence-electron chi connectivity index (χ2n) is 8.12. The zero-order valence-electron chi connectivity index (χ0n) is 15.7. The van der Waals surface area contributed by atoms with Crippen molar-refractivity contribution in [1.82, 2.24) is 5.32 Å². The van der Waals surface area contributed by atoms with Crippen LogP contribution in [0.2, 0.25) is 0 Å². The van der Waals surface area contributed by atoms with Crippen molar-refractivity contribution in [3.05, 3.63) is 29.8 Å². The van der Waals surface area contributed by atoms with Gasteiger partial charge >= 0.3 is 6.09 Å². The van der Waals surface area contributed by atoms with E-state index in [2.05, 4.69) is 48.7 Å². The maximum absolute atomic E-state index is 11.8. The van der Waals surface area contributed by atoms with Gasteiger partial charge in [0.1, 0.15) is 5.60 Å². The molecule has 0 bridgehead atoms. The number of benzene rings is 1. The van der Waals surface area contributed by atoms with Crippen molar-refractivity contribution in [2.75, 3.05) is 5.32 Å². The molecule has 0 unspecified atom stereocenters. The molecule has 1 aliphatic rings. The topological polar surface area (TPSA) is 50.4 Å². The van der Waals surface area contributed by atoms with Gasteiger partial charge in [0.25, 0.3) is 0 Å². The summed E-state index contributed by atoms with van der Waals surface area (Å²) in [5, 5.41) is 6.61. The molecule has 1 amide bonds. The SMILES string of the molecule is CC(C)c1ccc(NC2CCC(NC(=O)OC(C)(C)C)CC2)cc1. The van der Waals surface area contributed by atoms with E-state index in [0.717, 1.165) is 25.7 Å². The van der Waals surface area contributed by atoms with Crippen molar-refractivity contribution >= 4 is 11.8 Å². The van der Waals surface area contributed by atoms with Crippen LogP contribution in [0.5, 0.6) is 0 Å². The van der Waals surface area contributed by atoms with Crippen molar-refractivity contribution in [1.29, 1.82) is 0 Å². The molecule has 1 saturated carbocycles. The Labute approximate surface area is 146 Å². The molecule has 2 N–H and O–H groups in total. The van der Waals surface area contributed by atoms with E-state index in [1.165, 1.54) is 11.3 Å². The molecule has 0 aromatic heterocycles. The number of carbonyl (C=O) groups excluding carboxylic acids is 1. The van der Waals surface area contributed by atoms with Gasteiger partial charge in [0.2, 0.25) is 0 Å². The first-order valence-corrected chi connectivity index (χ1v) is 9.09. The third-order valence-electron chi connectivity index (χ3n) is 4.40. The third-order valence-corrected chi connectivity index (χ3v) is 4.40. The number of amides is 1. The highest BCUT2D eigenvalue weighted by molar-refractivity contribution is 5.68. The van der Waals surface area contributed by atoms with E-state index >= 15 is 0 Å². The van der Waals surface area contributed by atoms with E-state index in [9.17, 15) is 4.79 Å². The highest BCUT2D eigenvalue weighted by Crippen LogP contribution is 2.24. The molecule has 0 atom stereocenters. The zero-order valence-corrected chi connectivity index (χ0v) is 15.7. The average Bonchev–Trinajstić information content (AvgIpc) is 2.48. The second kappa shape index (κ2) is 7.91. The third kappa shape index (κ3) is 6.06. The van der Waals surface area contributed by atoms with Crippen molar-refractivity contribution < 1.29 is 9.53 Å². The molecule has 1 aromatic carbocycles. The Bertz CT molecular complexity index is 524. The molecule has 24 heavy (non-hydrogen) atoms. The summed E-state index contributed by atoms with van der Waals surface area (Å²) in [5.74, 6) is 0.563. The van der Waals surface area contributed by atoms with Gasteiger partial charge in [-0.25, -0.2) is 4.79 Å². The van der Waals surface area contributed by atoms with Crippen LogP contribution in [0.15, 0.2) is 24.3 Å². The quantitative estimate of drug-likeness (QED) is 0.810. The van der Waals surface area contributed by atoms with E-state index < -0.39 is 5.60 Å². The normalized spacial score (nSPS) is 21.4. The lowest BCUT2D eigenvalue weighted by Gasteiger charge is -2.31. The molecule has 4 nitrogen and oxygen atoms in total. The highest BCUT2D eigenvalue weighted by Gasteiger charge is 2.24. The molecular weight excluding hydrogens is 300 g/mol. The van der Waals surface area contributed by atoms with Gasteiger partial charge < -0.3 is 15.4 Å². The lowest BCUT2D eigenvalue weighted by molar-refractivity contribution is 0.0492. The average molecular weight is 332 g/mol. The van der Waals surface area contributed by atoms with Crippen LogP contribution in [0.25, 0.3) is 0 Å². The maximum Gasteiger partial charge on any atom is 0.407 e. The van der Waals surface area contributed by atoms with Crippen LogP contribution in [0.3, 0.4) is 0 Å². The number of anilines is 1. The number of rotatable bonds is 4. The van der Waals surface area contributed by atoms with Crippen molar-refractivity contribution in [3.63, 3.8) is 0 Å². The van der Waals surface area contributed by atoms with Gasteiger partial charge in [-0.15, -0.1) is 0 Å². The van der Waals surface area contributed by atoms with Crippen LogP contribution in [-0.4, -0.2) is 23.8 Å². The molecule has 1 aliphatic carbocycles. The minimum atomic E-state index is -0.439. The van der Waals surface area contributed by atoms with Crippen LogP contribution in [-0.2, 0) is 4.74 Å². The predicted octanol–water partition coefficient (Wildman–Crippen LogP) is 5.06. The highest BCUT2D eigenvalue weighted by atomic mass is 16.6. The van der Waals surface area contributed by atoms with Crippen LogP contribution < -0.4 is 10.6 Å². The first-order chi connectivity index (χ1) is 11.2. The van der Waals surface area contributed by atoms with Gasteiger partial charge in [-0.05, 0) is 70.1 Å². The Morgan fingerprint density at radius 3 is 2.08 bits per heavy atom. The summed E-state index contributed by atoms with van der Waals surface area (Å²) in [6, 6.07) is 9.43. The van der Waals surface area contributed by atoms with E-state index in [1.54, 1.807) is 0 Å². The molecule has 0 saturated heterocycles. The minimum absolute atomic E-state index is 0.223. The van der Waals surface area contributed by atoms with E-state index in [4.69, 9.17) is 4.74 Å². The molecule has 2 rings (SSSR count). The standard InChI is InChI=1S/C20H32N2O2/c1-14(2)15-6-8-16(9-7-15)21-17-10-12-18(13-11-17)22-19(23)24-20(3,4)5/h6-9,14,17-18,21H,10-13H2,1-5H3,(H,22,23). The number of nitrogens with one attached hydrogen (secondary N) is 2. The van der Waals surface area contributed by atoms with Crippen LogP contribution in [0, 0.1) is 0 Å². The smallest absolute Gasteiger partial charge is 0.407 e. The number of carbonyl (C=O) groups is 1. The molecule has 0 heterocycles. The second-order valence-corrected chi connectivity index (χ2v) is 8.12. The number of hydrogen-bond donors (Lipinski definition) is 2.